The summed E-state index contributed by atoms with van der Waals surface area (Å²) >= 11 is 0. The summed E-state index contributed by atoms with van der Waals surface area (Å²) in [4.78, 5) is 22.0. The molecule has 114 valence electrons. The molecule has 0 atom stereocenters. The van der Waals surface area contributed by atoms with Gasteiger partial charge >= 0.3 is 0 Å². The van der Waals surface area contributed by atoms with E-state index in [1.165, 1.54) is 12.1 Å². The highest BCUT2D eigenvalue weighted by Crippen LogP contribution is 2.14. The number of carbonyl (C=O) groups excluding carboxylic acids is 1. The molecule has 22 heavy (non-hydrogen) atoms. The molecule has 6 nitrogen and oxygen atoms in total. The Kier molecular flexibility index (Phi) is 5.08. The van der Waals surface area contributed by atoms with E-state index in [-0.39, 0.29) is 11.6 Å². The molecule has 0 aromatic heterocycles. The Bertz CT molecular complexity index is 651. The molecule has 0 radical (unpaired) electrons. The molecule has 0 saturated heterocycles. The largest absolute Gasteiger partial charge is 0.383 e. The van der Waals surface area contributed by atoms with E-state index in [0.717, 1.165) is 11.3 Å². The van der Waals surface area contributed by atoms with E-state index in [4.69, 9.17) is 0 Å². The lowest BCUT2D eigenvalue weighted by atomic mass is 10.1. The molecular formula is C16H17N3O3. The van der Waals surface area contributed by atoms with E-state index in [9.17, 15) is 14.9 Å². The Morgan fingerprint density at radius 1 is 1.05 bits per heavy atom. The number of non-ortho nitro benzene ring substituents is 1. The van der Waals surface area contributed by atoms with Crippen LogP contribution in [-0.4, -0.2) is 23.9 Å². The monoisotopic (exact) mass is 299 g/mol. The number of hydrogen-bond acceptors (Lipinski definition) is 4. The minimum Gasteiger partial charge on any atom is -0.383 e. The number of rotatable bonds is 6. The van der Waals surface area contributed by atoms with Crippen LogP contribution in [0.2, 0.25) is 0 Å². The summed E-state index contributed by atoms with van der Waals surface area (Å²) in [5, 5.41) is 16.4. The van der Waals surface area contributed by atoms with E-state index < -0.39 is 4.92 Å². The Morgan fingerprint density at radius 3 is 2.27 bits per heavy atom. The van der Waals surface area contributed by atoms with Gasteiger partial charge in [-0.25, -0.2) is 0 Å². The number of nitrogens with one attached hydrogen (secondary N) is 2. The van der Waals surface area contributed by atoms with Gasteiger partial charge in [0.05, 0.1) is 4.92 Å². The summed E-state index contributed by atoms with van der Waals surface area (Å²) in [7, 11) is 0. The summed E-state index contributed by atoms with van der Waals surface area (Å²) in [5.74, 6) is -0.120. The summed E-state index contributed by atoms with van der Waals surface area (Å²) in [6, 6.07) is 13.5. The van der Waals surface area contributed by atoms with Crippen LogP contribution in [0.4, 0.5) is 11.4 Å². The molecule has 0 unspecified atom stereocenters. The fraction of sp³-hybridized carbons (Fsp3) is 0.188. The predicted octanol–water partition coefficient (Wildman–Crippen LogP) is 2.75. The van der Waals surface area contributed by atoms with Crippen LogP contribution in [0.5, 0.6) is 0 Å². The average molecular weight is 299 g/mol. The van der Waals surface area contributed by atoms with Crippen LogP contribution in [0.15, 0.2) is 48.5 Å². The molecule has 0 heterocycles. The van der Waals surface area contributed by atoms with Crippen LogP contribution < -0.4 is 10.6 Å². The molecule has 2 rings (SSSR count). The second-order valence-electron chi connectivity index (χ2n) is 4.85. The lowest BCUT2D eigenvalue weighted by Gasteiger charge is -2.08. The molecule has 0 fully saturated rings. The van der Waals surface area contributed by atoms with Gasteiger partial charge in [0.1, 0.15) is 0 Å². The molecule has 2 N–H and O–H groups in total. The van der Waals surface area contributed by atoms with Gasteiger partial charge in [-0.2, -0.15) is 0 Å². The normalized spacial score (nSPS) is 10.0. The van der Waals surface area contributed by atoms with Crippen molar-refractivity contribution in [3.05, 3.63) is 69.8 Å². The minimum atomic E-state index is -0.439. The van der Waals surface area contributed by atoms with E-state index in [1.54, 1.807) is 24.3 Å². The SMILES string of the molecule is Cc1ccc(C(=O)NCCNc2ccc([N+](=O)[O-])cc2)cc1. The Balaban J connectivity index is 1.75. The quantitative estimate of drug-likeness (QED) is 0.488. The molecule has 0 saturated carbocycles. The number of nitro groups is 1. The maximum atomic E-state index is 11.9. The molecule has 2 aromatic carbocycles. The fourth-order valence-corrected chi connectivity index (χ4v) is 1.89. The Labute approximate surface area is 128 Å². The Morgan fingerprint density at radius 2 is 1.68 bits per heavy atom. The topological polar surface area (TPSA) is 84.3 Å². The predicted molar refractivity (Wildman–Crippen MR) is 85.1 cm³/mol. The van der Waals surface area contributed by atoms with Crippen molar-refractivity contribution >= 4 is 17.3 Å². The van der Waals surface area contributed by atoms with Crippen molar-refractivity contribution in [2.24, 2.45) is 0 Å². The zero-order valence-corrected chi connectivity index (χ0v) is 12.2. The molecular weight excluding hydrogens is 282 g/mol. The number of nitrogens with zero attached hydrogens (tertiary/aromatic N) is 1. The van der Waals surface area contributed by atoms with Crippen LogP contribution in [0.1, 0.15) is 15.9 Å². The van der Waals surface area contributed by atoms with Crippen molar-refractivity contribution < 1.29 is 9.72 Å². The molecule has 0 aliphatic carbocycles. The zero-order valence-electron chi connectivity index (χ0n) is 12.2. The van der Waals surface area contributed by atoms with Gasteiger partial charge in [-0.3, -0.25) is 14.9 Å². The molecule has 2 aromatic rings. The zero-order chi connectivity index (χ0) is 15.9. The van der Waals surface area contributed by atoms with Gasteiger partial charge in [-0.1, -0.05) is 17.7 Å². The number of anilines is 1. The van der Waals surface area contributed by atoms with Crippen molar-refractivity contribution in [1.29, 1.82) is 0 Å². The van der Waals surface area contributed by atoms with Crippen molar-refractivity contribution in [1.82, 2.24) is 5.32 Å². The highest BCUT2D eigenvalue weighted by molar-refractivity contribution is 5.94. The second-order valence-corrected chi connectivity index (χ2v) is 4.85. The van der Waals surface area contributed by atoms with Crippen molar-refractivity contribution in [2.75, 3.05) is 18.4 Å². The summed E-state index contributed by atoms with van der Waals surface area (Å²) in [6.45, 7) is 2.97. The summed E-state index contributed by atoms with van der Waals surface area (Å²) < 4.78 is 0. The second kappa shape index (κ2) is 7.21. The molecule has 1 amide bonds. The molecule has 0 aliphatic heterocycles. The molecule has 0 bridgehead atoms. The molecule has 6 heteroatoms. The first-order chi connectivity index (χ1) is 10.6. The first-order valence-electron chi connectivity index (χ1n) is 6.89. The van der Waals surface area contributed by atoms with E-state index in [0.29, 0.717) is 18.7 Å². The summed E-state index contributed by atoms with van der Waals surface area (Å²) in [6.07, 6.45) is 0. The lowest BCUT2D eigenvalue weighted by Crippen LogP contribution is -2.28. The third-order valence-electron chi connectivity index (χ3n) is 3.13. The van der Waals surface area contributed by atoms with Crippen molar-refractivity contribution in [3.8, 4) is 0 Å². The lowest BCUT2D eigenvalue weighted by molar-refractivity contribution is -0.384. The minimum absolute atomic E-state index is 0.0539. The third kappa shape index (κ3) is 4.31. The smallest absolute Gasteiger partial charge is 0.269 e. The standard InChI is InChI=1S/C16H17N3O3/c1-12-2-4-13(5-3-12)16(20)18-11-10-17-14-6-8-15(9-7-14)19(21)22/h2-9,17H,10-11H2,1H3,(H,18,20). The van der Waals surface area contributed by atoms with Gasteiger partial charge < -0.3 is 10.6 Å². The highest BCUT2D eigenvalue weighted by atomic mass is 16.6. The molecule has 0 spiro atoms. The van der Waals surface area contributed by atoms with Crippen LogP contribution in [-0.2, 0) is 0 Å². The van der Waals surface area contributed by atoms with Crippen LogP contribution in [0.3, 0.4) is 0 Å². The van der Waals surface area contributed by atoms with Crippen molar-refractivity contribution in [2.45, 2.75) is 6.92 Å². The first-order valence-corrected chi connectivity index (χ1v) is 6.89. The maximum absolute atomic E-state index is 11.9. The van der Waals surface area contributed by atoms with Gasteiger partial charge in [0.2, 0.25) is 0 Å². The third-order valence-corrected chi connectivity index (χ3v) is 3.13. The van der Waals surface area contributed by atoms with Gasteiger partial charge in [0, 0.05) is 36.5 Å². The van der Waals surface area contributed by atoms with Crippen molar-refractivity contribution in [3.63, 3.8) is 0 Å². The molecule has 0 aliphatic rings. The average Bonchev–Trinajstić information content (AvgIpc) is 2.52. The van der Waals surface area contributed by atoms with E-state index in [2.05, 4.69) is 10.6 Å². The summed E-state index contributed by atoms with van der Waals surface area (Å²) in [5.41, 5.74) is 2.56. The number of carbonyl (C=O) groups is 1. The fourth-order valence-electron chi connectivity index (χ4n) is 1.89. The Hall–Kier alpha value is -2.89. The highest BCUT2D eigenvalue weighted by Gasteiger charge is 2.05. The number of nitro benzene ring substituents is 1. The number of amides is 1. The van der Waals surface area contributed by atoms with Gasteiger partial charge in [0.15, 0.2) is 0 Å². The number of hydrogen-bond donors (Lipinski definition) is 2. The first kappa shape index (κ1) is 15.5. The van der Waals surface area contributed by atoms with Crippen LogP contribution in [0, 0.1) is 17.0 Å². The van der Waals surface area contributed by atoms with Crippen LogP contribution in [0.25, 0.3) is 0 Å². The van der Waals surface area contributed by atoms with Gasteiger partial charge in [-0.15, -0.1) is 0 Å². The van der Waals surface area contributed by atoms with E-state index in [1.807, 2.05) is 19.1 Å². The van der Waals surface area contributed by atoms with Crippen LogP contribution >= 0.6 is 0 Å². The van der Waals surface area contributed by atoms with E-state index >= 15 is 0 Å². The number of benzene rings is 2. The number of aryl methyl sites for hydroxylation is 1. The van der Waals surface area contributed by atoms with Gasteiger partial charge in [0.25, 0.3) is 11.6 Å². The maximum Gasteiger partial charge on any atom is 0.269 e. The van der Waals surface area contributed by atoms with Gasteiger partial charge in [-0.05, 0) is 31.2 Å².